The van der Waals surface area contributed by atoms with E-state index >= 15 is 0 Å². The van der Waals surface area contributed by atoms with Crippen LogP contribution in [0.1, 0.15) is 5.56 Å². The fraction of sp³-hybridized carbons (Fsp3) is 0.235. The Kier molecular flexibility index (Phi) is 5.99. The molecule has 0 saturated heterocycles. The number of ether oxygens (including phenoxy) is 3. The zero-order valence-corrected chi connectivity index (χ0v) is 14.0. The summed E-state index contributed by atoms with van der Waals surface area (Å²) in [6.45, 7) is 0.0820. The lowest BCUT2D eigenvalue weighted by Crippen LogP contribution is -2.29. The van der Waals surface area contributed by atoms with Crippen LogP contribution >= 0.6 is 0 Å². The lowest BCUT2D eigenvalue weighted by Gasteiger charge is -2.15. The van der Waals surface area contributed by atoms with Crippen LogP contribution in [0.15, 0.2) is 30.3 Å². The Morgan fingerprint density at radius 1 is 1.00 bits per heavy atom. The molecule has 8 heteroatoms. The Bertz CT molecular complexity index is 723. The monoisotopic (exact) mass is 352 g/mol. The van der Waals surface area contributed by atoms with Gasteiger partial charge in [0, 0.05) is 6.54 Å². The van der Waals surface area contributed by atoms with Crippen LogP contribution < -0.4 is 24.8 Å². The van der Waals surface area contributed by atoms with Crippen LogP contribution in [-0.4, -0.2) is 27.4 Å². The van der Waals surface area contributed by atoms with Gasteiger partial charge in [-0.3, -0.25) is 0 Å². The van der Waals surface area contributed by atoms with Gasteiger partial charge in [0.05, 0.1) is 21.3 Å². The molecule has 0 unspecified atom stereocenters. The van der Waals surface area contributed by atoms with E-state index in [1.165, 1.54) is 27.4 Å². The van der Waals surface area contributed by atoms with Crippen molar-refractivity contribution in [3.8, 4) is 17.2 Å². The van der Waals surface area contributed by atoms with Crippen molar-refractivity contribution in [2.24, 2.45) is 0 Å². The van der Waals surface area contributed by atoms with Crippen molar-refractivity contribution in [2.45, 2.75) is 6.54 Å². The number of benzene rings is 2. The fourth-order valence-corrected chi connectivity index (χ4v) is 2.19. The van der Waals surface area contributed by atoms with E-state index in [0.29, 0.717) is 22.8 Å². The minimum atomic E-state index is -0.858. The molecule has 0 fully saturated rings. The molecule has 0 heterocycles. The number of urea groups is 1. The molecule has 2 N–H and O–H groups in total. The van der Waals surface area contributed by atoms with Crippen LogP contribution in [0.3, 0.4) is 0 Å². The summed E-state index contributed by atoms with van der Waals surface area (Å²) >= 11 is 0. The highest BCUT2D eigenvalue weighted by atomic mass is 19.1. The molecule has 134 valence electrons. The third kappa shape index (κ3) is 4.28. The Balaban J connectivity index is 2.09. The quantitative estimate of drug-likeness (QED) is 0.837. The minimum Gasteiger partial charge on any atom is -0.493 e. The zero-order valence-electron chi connectivity index (χ0n) is 14.0. The van der Waals surface area contributed by atoms with Crippen molar-refractivity contribution in [3.05, 3.63) is 47.5 Å². The molecular weight excluding hydrogens is 334 g/mol. The lowest BCUT2D eigenvalue weighted by molar-refractivity contribution is 0.251. The molecular formula is C17H18F2N2O4. The number of carbonyl (C=O) groups is 1. The molecule has 0 spiro atoms. The Morgan fingerprint density at radius 3 is 2.04 bits per heavy atom. The van der Waals surface area contributed by atoms with E-state index in [1.807, 2.05) is 0 Å². The van der Waals surface area contributed by atoms with Crippen LogP contribution in [-0.2, 0) is 6.54 Å². The van der Waals surface area contributed by atoms with Crippen molar-refractivity contribution in [1.82, 2.24) is 5.32 Å². The van der Waals surface area contributed by atoms with Gasteiger partial charge in [0.15, 0.2) is 11.5 Å². The van der Waals surface area contributed by atoms with E-state index in [0.717, 1.165) is 12.1 Å². The molecule has 2 aromatic carbocycles. The average Bonchev–Trinajstić information content (AvgIpc) is 2.62. The first-order valence-electron chi connectivity index (χ1n) is 7.28. The summed E-state index contributed by atoms with van der Waals surface area (Å²) in [5.74, 6) is -0.434. The molecule has 0 aromatic heterocycles. The second-order valence-corrected chi connectivity index (χ2v) is 4.94. The summed E-state index contributed by atoms with van der Waals surface area (Å²) in [5.41, 5.74) is 0.142. The van der Waals surface area contributed by atoms with Gasteiger partial charge >= 0.3 is 6.03 Å². The van der Waals surface area contributed by atoms with E-state index in [1.54, 1.807) is 12.1 Å². The van der Waals surface area contributed by atoms with E-state index in [4.69, 9.17) is 14.2 Å². The first-order valence-corrected chi connectivity index (χ1v) is 7.28. The van der Waals surface area contributed by atoms with Crippen molar-refractivity contribution in [1.29, 1.82) is 0 Å². The van der Waals surface area contributed by atoms with E-state index in [9.17, 15) is 13.6 Å². The molecule has 0 aliphatic carbocycles. The average molecular weight is 352 g/mol. The number of hydrogen-bond acceptors (Lipinski definition) is 4. The second-order valence-electron chi connectivity index (χ2n) is 4.94. The molecule has 0 bridgehead atoms. The number of anilines is 1. The number of methoxy groups -OCH3 is 3. The maximum atomic E-state index is 13.5. The van der Waals surface area contributed by atoms with E-state index in [-0.39, 0.29) is 6.54 Å². The molecule has 0 atom stereocenters. The number of amides is 2. The molecule has 6 nitrogen and oxygen atoms in total. The lowest BCUT2D eigenvalue weighted by atomic mass is 10.2. The SMILES string of the molecule is COc1cc(CNC(=O)Nc2c(F)cccc2F)cc(OC)c1OC. The fourth-order valence-electron chi connectivity index (χ4n) is 2.19. The van der Waals surface area contributed by atoms with Crippen LogP contribution in [0.2, 0.25) is 0 Å². The Labute approximate surface area is 143 Å². The standard InChI is InChI=1S/C17H18F2N2O4/c1-23-13-7-10(8-14(24-2)16(13)25-3)9-20-17(22)21-15-11(18)5-4-6-12(15)19/h4-8H,9H2,1-3H3,(H2,20,21,22). The summed E-state index contributed by atoms with van der Waals surface area (Å²) in [6, 6.07) is 5.88. The maximum absolute atomic E-state index is 13.5. The third-order valence-corrected chi connectivity index (χ3v) is 3.38. The van der Waals surface area contributed by atoms with Crippen molar-refractivity contribution in [3.63, 3.8) is 0 Å². The second kappa shape index (κ2) is 8.18. The smallest absolute Gasteiger partial charge is 0.319 e. The largest absolute Gasteiger partial charge is 0.493 e. The highest BCUT2D eigenvalue weighted by Gasteiger charge is 2.15. The van der Waals surface area contributed by atoms with Crippen LogP contribution in [0, 0.1) is 11.6 Å². The van der Waals surface area contributed by atoms with Crippen molar-refractivity contribution < 1.29 is 27.8 Å². The van der Waals surface area contributed by atoms with Gasteiger partial charge in [0.1, 0.15) is 17.3 Å². The van der Waals surface area contributed by atoms with Gasteiger partial charge in [0.25, 0.3) is 0 Å². The van der Waals surface area contributed by atoms with Crippen molar-refractivity contribution >= 4 is 11.7 Å². The highest BCUT2D eigenvalue weighted by Crippen LogP contribution is 2.38. The molecule has 0 aliphatic heterocycles. The van der Waals surface area contributed by atoms with Gasteiger partial charge < -0.3 is 24.8 Å². The summed E-state index contributed by atoms with van der Waals surface area (Å²) < 4.78 is 42.7. The third-order valence-electron chi connectivity index (χ3n) is 3.38. The molecule has 2 aromatic rings. The number of halogens is 2. The minimum absolute atomic E-state index is 0.0820. The van der Waals surface area contributed by atoms with E-state index in [2.05, 4.69) is 10.6 Å². The van der Waals surface area contributed by atoms with Crippen LogP contribution in [0.4, 0.5) is 19.3 Å². The van der Waals surface area contributed by atoms with Gasteiger partial charge in [0.2, 0.25) is 5.75 Å². The van der Waals surface area contributed by atoms with E-state index < -0.39 is 23.4 Å². The topological polar surface area (TPSA) is 68.8 Å². The number of rotatable bonds is 6. The van der Waals surface area contributed by atoms with Gasteiger partial charge in [-0.05, 0) is 29.8 Å². The first kappa shape index (κ1) is 18.3. The maximum Gasteiger partial charge on any atom is 0.319 e. The van der Waals surface area contributed by atoms with Crippen LogP contribution in [0.5, 0.6) is 17.2 Å². The number of nitrogens with one attached hydrogen (secondary N) is 2. The Hall–Kier alpha value is -3.03. The first-order chi connectivity index (χ1) is 12.0. The molecule has 25 heavy (non-hydrogen) atoms. The highest BCUT2D eigenvalue weighted by molar-refractivity contribution is 5.89. The zero-order chi connectivity index (χ0) is 18.4. The molecule has 0 aliphatic rings. The summed E-state index contributed by atoms with van der Waals surface area (Å²) in [6.07, 6.45) is 0. The molecule has 0 radical (unpaired) electrons. The van der Waals surface area contributed by atoms with Gasteiger partial charge in [-0.1, -0.05) is 6.07 Å². The Morgan fingerprint density at radius 2 is 1.56 bits per heavy atom. The van der Waals surface area contributed by atoms with Gasteiger partial charge in [-0.25, -0.2) is 13.6 Å². The van der Waals surface area contributed by atoms with Crippen molar-refractivity contribution in [2.75, 3.05) is 26.6 Å². The molecule has 2 amide bonds. The van der Waals surface area contributed by atoms with Gasteiger partial charge in [-0.2, -0.15) is 0 Å². The number of para-hydroxylation sites is 1. The summed E-state index contributed by atoms with van der Waals surface area (Å²) in [5, 5.41) is 4.65. The predicted molar refractivity (Wildman–Crippen MR) is 88.3 cm³/mol. The number of hydrogen-bond donors (Lipinski definition) is 2. The van der Waals surface area contributed by atoms with Crippen LogP contribution in [0.25, 0.3) is 0 Å². The summed E-state index contributed by atoms with van der Waals surface area (Å²) in [7, 11) is 4.43. The summed E-state index contributed by atoms with van der Waals surface area (Å²) in [4.78, 5) is 11.9. The molecule has 2 rings (SSSR count). The van der Waals surface area contributed by atoms with Gasteiger partial charge in [-0.15, -0.1) is 0 Å². The normalized spacial score (nSPS) is 10.1. The predicted octanol–water partition coefficient (Wildman–Crippen LogP) is 3.31. The molecule has 0 saturated carbocycles. The number of carbonyl (C=O) groups excluding carboxylic acids is 1.